The van der Waals surface area contributed by atoms with Crippen LogP contribution in [0.5, 0.6) is 0 Å². The normalized spacial score (nSPS) is 19.5. The third-order valence-corrected chi connectivity index (χ3v) is 6.87. The smallest absolute Gasteiger partial charge is 0.260 e. The molecule has 1 aromatic carbocycles. The molecule has 2 aliphatic heterocycles. The highest BCUT2D eigenvalue weighted by Gasteiger charge is 2.39. The van der Waals surface area contributed by atoms with Gasteiger partial charge < -0.3 is 9.32 Å². The van der Waals surface area contributed by atoms with Crippen LogP contribution in [0.2, 0.25) is 5.02 Å². The number of piperazine rings is 1. The van der Waals surface area contributed by atoms with Gasteiger partial charge in [-0.15, -0.1) is 0 Å². The van der Waals surface area contributed by atoms with Crippen molar-refractivity contribution in [2.24, 2.45) is 5.10 Å². The first kappa shape index (κ1) is 23.3. The molecule has 2 atom stereocenters. The molecule has 1 saturated heterocycles. The van der Waals surface area contributed by atoms with Crippen molar-refractivity contribution in [1.82, 2.24) is 19.8 Å². The minimum atomic E-state index is -0.390. The number of hydrogen-bond acceptors (Lipinski definition) is 6. The average molecular weight is 492 g/mol. The quantitative estimate of drug-likeness (QED) is 0.541. The monoisotopic (exact) mass is 491 g/mol. The third kappa shape index (κ3) is 4.85. The standard InChI is InChI=1S/C26H26ClN5O3/c1-18(30-12-14-31(15-13-30)26(34)20-8-10-28-11-9-20)25(33)32-23(24-3-2-16-35-24)17-22(29-32)19-4-6-21(27)7-5-19/h2-11,16,18,23H,12-15,17H2,1H3/t18-,23-/m1/s1. The van der Waals surface area contributed by atoms with Gasteiger partial charge in [-0.1, -0.05) is 23.7 Å². The molecular weight excluding hydrogens is 466 g/mol. The second-order valence-electron chi connectivity index (χ2n) is 8.71. The lowest BCUT2D eigenvalue weighted by Crippen LogP contribution is -2.55. The van der Waals surface area contributed by atoms with E-state index in [1.54, 1.807) is 35.8 Å². The Bertz CT molecular complexity index is 1210. The van der Waals surface area contributed by atoms with Crippen molar-refractivity contribution in [3.8, 4) is 0 Å². The van der Waals surface area contributed by atoms with Crippen LogP contribution < -0.4 is 0 Å². The zero-order valence-corrected chi connectivity index (χ0v) is 20.1. The highest BCUT2D eigenvalue weighted by atomic mass is 35.5. The van der Waals surface area contributed by atoms with Crippen molar-refractivity contribution in [3.63, 3.8) is 0 Å². The molecule has 0 saturated carbocycles. The molecule has 0 unspecified atom stereocenters. The molecule has 5 rings (SSSR count). The van der Waals surface area contributed by atoms with E-state index in [9.17, 15) is 9.59 Å². The maximum Gasteiger partial charge on any atom is 0.260 e. The number of halogens is 1. The summed E-state index contributed by atoms with van der Waals surface area (Å²) in [5.41, 5.74) is 2.37. The molecule has 0 aliphatic carbocycles. The number of hydrazone groups is 1. The van der Waals surface area contributed by atoms with Crippen molar-refractivity contribution in [2.45, 2.75) is 25.4 Å². The number of furan rings is 1. The van der Waals surface area contributed by atoms with E-state index >= 15 is 0 Å². The summed E-state index contributed by atoms with van der Waals surface area (Å²) in [6.45, 7) is 4.23. The average Bonchev–Trinajstić information content (AvgIpc) is 3.59. The van der Waals surface area contributed by atoms with Crippen molar-refractivity contribution in [1.29, 1.82) is 0 Å². The maximum absolute atomic E-state index is 13.6. The summed E-state index contributed by atoms with van der Waals surface area (Å²) in [6.07, 6.45) is 5.41. The largest absolute Gasteiger partial charge is 0.467 e. The summed E-state index contributed by atoms with van der Waals surface area (Å²) in [6, 6.07) is 13.9. The summed E-state index contributed by atoms with van der Waals surface area (Å²) in [7, 11) is 0. The van der Waals surface area contributed by atoms with E-state index < -0.39 is 0 Å². The molecule has 35 heavy (non-hydrogen) atoms. The summed E-state index contributed by atoms with van der Waals surface area (Å²) in [4.78, 5) is 34.3. The molecule has 0 N–H and O–H groups in total. The van der Waals surface area contributed by atoms with Crippen molar-refractivity contribution >= 4 is 29.1 Å². The molecule has 2 aromatic heterocycles. The molecule has 8 nitrogen and oxygen atoms in total. The maximum atomic E-state index is 13.6. The van der Waals surface area contributed by atoms with Gasteiger partial charge in [0.25, 0.3) is 11.8 Å². The van der Waals surface area contributed by atoms with Gasteiger partial charge in [0, 0.05) is 55.6 Å². The Morgan fingerprint density at radius 2 is 1.74 bits per heavy atom. The fourth-order valence-corrected chi connectivity index (χ4v) is 4.70. The van der Waals surface area contributed by atoms with E-state index in [1.165, 1.54) is 0 Å². The summed E-state index contributed by atoms with van der Waals surface area (Å²) >= 11 is 6.05. The van der Waals surface area contributed by atoms with E-state index in [0.29, 0.717) is 48.9 Å². The van der Waals surface area contributed by atoms with Crippen molar-refractivity contribution in [2.75, 3.05) is 26.2 Å². The zero-order valence-electron chi connectivity index (χ0n) is 19.4. The molecule has 0 spiro atoms. The first-order valence-electron chi connectivity index (χ1n) is 11.6. The first-order chi connectivity index (χ1) is 17.0. The van der Waals surface area contributed by atoms with Crippen LogP contribution in [0.4, 0.5) is 0 Å². The van der Waals surface area contributed by atoms with Crippen LogP contribution in [-0.2, 0) is 4.79 Å². The van der Waals surface area contributed by atoms with Gasteiger partial charge in [0.15, 0.2) is 0 Å². The number of aromatic nitrogens is 1. The number of carbonyl (C=O) groups excluding carboxylic acids is 2. The lowest BCUT2D eigenvalue weighted by molar-refractivity contribution is -0.139. The fraction of sp³-hybridized carbons (Fsp3) is 0.308. The van der Waals surface area contributed by atoms with Crippen LogP contribution in [0.3, 0.4) is 0 Å². The van der Waals surface area contributed by atoms with Gasteiger partial charge in [-0.05, 0) is 48.9 Å². The Morgan fingerprint density at radius 3 is 2.40 bits per heavy atom. The number of amides is 2. The van der Waals surface area contributed by atoms with Gasteiger partial charge in [0.1, 0.15) is 11.8 Å². The van der Waals surface area contributed by atoms with Crippen molar-refractivity contribution < 1.29 is 14.0 Å². The number of rotatable bonds is 5. The SMILES string of the molecule is C[C@H](C(=O)N1N=C(c2ccc(Cl)cc2)C[C@@H]1c1ccco1)N1CCN(C(=O)c2ccncc2)CC1. The van der Waals surface area contributed by atoms with E-state index in [4.69, 9.17) is 21.1 Å². The Labute approximate surface area is 208 Å². The molecule has 2 amide bonds. The highest BCUT2D eigenvalue weighted by molar-refractivity contribution is 6.30. The number of pyridine rings is 1. The van der Waals surface area contributed by atoms with Crippen LogP contribution >= 0.6 is 11.6 Å². The molecule has 0 radical (unpaired) electrons. The van der Waals surface area contributed by atoms with Crippen LogP contribution in [-0.4, -0.2) is 69.5 Å². The second kappa shape index (κ2) is 10.0. The molecule has 1 fully saturated rings. The zero-order chi connectivity index (χ0) is 24.4. The highest BCUT2D eigenvalue weighted by Crippen LogP contribution is 2.34. The van der Waals surface area contributed by atoms with Gasteiger partial charge in [0.05, 0.1) is 18.0 Å². The van der Waals surface area contributed by atoms with E-state index in [0.717, 1.165) is 11.3 Å². The third-order valence-electron chi connectivity index (χ3n) is 6.62. The molecule has 2 aliphatic rings. The first-order valence-corrected chi connectivity index (χ1v) is 12.0. The Hall–Kier alpha value is -3.49. The summed E-state index contributed by atoms with van der Waals surface area (Å²) in [5.74, 6) is 0.593. The van der Waals surface area contributed by atoms with E-state index in [-0.39, 0.29) is 23.9 Å². The lowest BCUT2D eigenvalue weighted by Gasteiger charge is -2.38. The minimum absolute atomic E-state index is 0.0133. The minimum Gasteiger partial charge on any atom is -0.467 e. The topological polar surface area (TPSA) is 82.3 Å². The van der Waals surface area contributed by atoms with Crippen LogP contribution in [0.25, 0.3) is 0 Å². The Morgan fingerprint density at radius 1 is 1.03 bits per heavy atom. The van der Waals surface area contributed by atoms with Gasteiger partial charge in [-0.3, -0.25) is 19.5 Å². The van der Waals surface area contributed by atoms with E-state index in [2.05, 4.69) is 9.88 Å². The molecular formula is C26H26ClN5O3. The van der Waals surface area contributed by atoms with Gasteiger partial charge >= 0.3 is 0 Å². The predicted octanol–water partition coefficient (Wildman–Crippen LogP) is 3.85. The molecule has 3 aromatic rings. The number of hydrogen-bond donors (Lipinski definition) is 0. The van der Waals surface area contributed by atoms with E-state index in [1.807, 2.05) is 48.2 Å². The van der Waals surface area contributed by atoms with Gasteiger partial charge in [-0.2, -0.15) is 5.10 Å². The number of benzene rings is 1. The number of carbonyl (C=O) groups is 2. The Kier molecular flexibility index (Phi) is 6.66. The Balaban J connectivity index is 1.29. The second-order valence-corrected chi connectivity index (χ2v) is 9.15. The van der Waals surface area contributed by atoms with Crippen LogP contribution in [0, 0.1) is 0 Å². The molecule has 9 heteroatoms. The fourth-order valence-electron chi connectivity index (χ4n) is 4.57. The molecule has 180 valence electrons. The molecule has 0 bridgehead atoms. The summed E-state index contributed by atoms with van der Waals surface area (Å²) < 4.78 is 5.66. The van der Waals surface area contributed by atoms with Crippen LogP contribution in [0.15, 0.2) is 76.7 Å². The predicted molar refractivity (Wildman–Crippen MR) is 132 cm³/mol. The van der Waals surface area contributed by atoms with Gasteiger partial charge in [-0.25, -0.2) is 5.01 Å². The van der Waals surface area contributed by atoms with Crippen molar-refractivity contribution in [3.05, 3.63) is 89.1 Å². The van der Waals surface area contributed by atoms with Gasteiger partial charge in [0.2, 0.25) is 0 Å². The lowest BCUT2D eigenvalue weighted by atomic mass is 10.0. The molecule has 4 heterocycles. The van der Waals surface area contributed by atoms with Crippen LogP contribution in [0.1, 0.15) is 41.1 Å². The number of nitrogens with zero attached hydrogens (tertiary/aromatic N) is 5. The summed E-state index contributed by atoms with van der Waals surface area (Å²) in [5, 5.41) is 6.93.